The first-order valence-corrected chi connectivity index (χ1v) is 7.47. The molecule has 0 spiro atoms. The molecule has 0 aromatic carbocycles. The SMILES string of the molecule is CCC1CCC(NC(=O)CSC)(C(=O)O)CC1. The van der Waals surface area contributed by atoms with Gasteiger partial charge in [-0.3, -0.25) is 4.79 Å². The maximum absolute atomic E-state index is 11.6. The van der Waals surface area contributed by atoms with Crippen molar-refractivity contribution in [1.29, 1.82) is 0 Å². The molecule has 1 aliphatic rings. The Morgan fingerprint density at radius 1 is 1.41 bits per heavy atom. The van der Waals surface area contributed by atoms with Gasteiger partial charge in [-0.1, -0.05) is 13.3 Å². The third kappa shape index (κ3) is 3.63. The lowest BCUT2D eigenvalue weighted by atomic mass is 9.75. The minimum Gasteiger partial charge on any atom is -0.480 e. The summed E-state index contributed by atoms with van der Waals surface area (Å²) in [5, 5.41) is 12.1. The van der Waals surface area contributed by atoms with Crippen molar-refractivity contribution in [3.05, 3.63) is 0 Å². The smallest absolute Gasteiger partial charge is 0.329 e. The van der Waals surface area contributed by atoms with E-state index < -0.39 is 11.5 Å². The summed E-state index contributed by atoms with van der Waals surface area (Å²) in [6.45, 7) is 2.13. The molecule has 1 fully saturated rings. The van der Waals surface area contributed by atoms with Crippen LogP contribution in [0.4, 0.5) is 0 Å². The topological polar surface area (TPSA) is 66.4 Å². The van der Waals surface area contributed by atoms with E-state index >= 15 is 0 Å². The number of carboxylic acids is 1. The zero-order chi connectivity index (χ0) is 12.9. The number of thioether (sulfide) groups is 1. The van der Waals surface area contributed by atoms with Crippen LogP contribution in [0.3, 0.4) is 0 Å². The van der Waals surface area contributed by atoms with Crippen molar-refractivity contribution in [2.24, 2.45) is 5.92 Å². The molecular formula is C12H21NO3S. The molecule has 0 aromatic rings. The second-order valence-corrected chi connectivity index (χ2v) is 5.59. The van der Waals surface area contributed by atoms with Gasteiger partial charge in [0, 0.05) is 0 Å². The van der Waals surface area contributed by atoms with Crippen LogP contribution in [0.5, 0.6) is 0 Å². The maximum atomic E-state index is 11.6. The van der Waals surface area contributed by atoms with E-state index in [-0.39, 0.29) is 5.91 Å². The molecule has 0 heterocycles. The highest BCUT2D eigenvalue weighted by Crippen LogP contribution is 2.34. The number of hydrogen-bond donors (Lipinski definition) is 2. The molecule has 0 saturated heterocycles. The predicted octanol–water partition coefficient (Wildman–Crippen LogP) is 1.89. The van der Waals surface area contributed by atoms with E-state index in [0.717, 1.165) is 19.3 Å². The summed E-state index contributed by atoms with van der Waals surface area (Å²) in [4.78, 5) is 23.0. The first kappa shape index (κ1) is 14.4. The molecule has 98 valence electrons. The van der Waals surface area contributed by atoms with Gasteiger partial charge in [-0.25, -0.2) is 4.79 Å². The maximum Gasteiger partial charge on any atom is 0.329 e. The van der Waals surface area contributed by atoms with Gasteiger partial charge >= 0.3 is 5.97 Å². The molecule has 0 aliphatic heterocycles. The van der Waals surface area contributed by atoms with Gasteiger partial charge in [0.15, 0.2) is 0 Å². The zero-order valence-corrected chi connectivity index (χ0v) is 11.3. The Balaban J connectivity index is 2.65. The molecule has 5 heteroatoms. The third-order valence-corrected chi connectivity index (χ3v) is 4.15. The minimum atomic E-state index is -1.02. The monoisotopic (exact) mass is 259 g/mol. The van der Waals surface area contributed by atoms with Gasteiger partial charge in [-0.15, -0.1) is 0 Å². The lowest BCUT2D eigenvalue weighted by Crippen LogP contribution is -2.56. The Morgan fingerprint density at radius 3 is 2.41 bits per heavy atom. The summed E-state index contributed by atoms with van der Waals surface area (Å²) in [7, 11) is 0. The van der Waals surface area contributed by atoms with Crippen LogP contribution in [0.1, 0.15) is 39.0 Å². The van der Waals surface area contributed by atoms with Crippen LogP contribution in [0.2, 0.25) is 0 Å². The van der Waals surface area contributed by atoms with Gasteiger partial charge in [-0.2, -0.15) is 11.8 Å². The van der Waals surface area contributed by atoms with Crippen molar-refractivity contribution in [2.75, 3.05) is 12.0 Å². The minimum absolute atomic E-state index is 0.171. The highest BCUT2D eigenvalue weighted by Gasteiger charge is 2.42. The molecule has 0 bridgehead atoms. The first-order chi connectivity index (χ1) is 8.04. The second-order valence-electron chi connectivity index (χ2n) is 4.72. The summed E-state index contributed by atoms with van der Waals surface area (Å²) in [6, 6.07) is 0. The van der Waals surface area contributed by atoms with Crippen LogP contribution < -0.4 is 5.32 Å². The molecule has 17 heavy (non-hydrogen) atoms. The number of carbonyl (C=O) groups excluding carboxylic acids is 1. The summed E-state index contributed by atoms with van der Waals surface area (Å²) < 4.78 is 0. The number of carbonyl (C=O) groups is 2. The van der Waals surface area contributed by atoms with E-state index in [4.69, 9.17) is 0 Å². The molecule has 0 unspecified atom stereocenters. The fraction of sp³-hybridized carbons (Fsp3) is 0.833. The average molecular weight is 259 g/mol. The molecule has 1 saturated carbocycles. The van der Waals surface area contributed by atoms with Gasteiger partial charge < -0.3 is 10.4 Å². The molecular weight excluding hydrogens is 238 g/mol. The standard InChI is InChI=1S/C12H21NO3S/c1-3-9-4-6-12(7-5-9,11(15)16)13-10(14)8-17-2/h9H,3-8H2,1-2H3,(H,13,14)(H,15,16). The number of nitrogens with one attached hydrogen (secondary N) is 1. The largest absolute Gasteiger partial charge is 0.480 e. The van der Waals surface area contributed by atoms with E-state index in [9.17, 15) is 14.7 Å². The number of aliphatic carboxylic acids is 1. The van der Waals surface area contributed by atoms with Crippen LogP contribution >= 0.6 is 11.8 Å². The van der Waals surface area contributed by atoms with Gasteiger partial charge in [0.05, 0.1) is 5.75 Å². The normalized spacial score (nSPS) is 28.7. The van der Waals surface area contributed by atoms with Crippen molar-refractivity contribution >= 4 is 23.6 Å². The fourth-order valence-corrected chi connectivity index (χ4v) is 2.74. The van der Waals surface area contributed by atoms with E-state index in [1.54, 1.807) is 0 Å². The van der Waals surface area contributed by atoms with Crippen molar-refractivity contribution in [3.63, 3.8) is 0 Å². The van der Waals surface area contributed by atoms with E-state index in [1.165, 1.54) is 11.8 Å². The fourth-order valence-electron chi connectivity index (χ4n) is 2.41. The lowest BCUT2D eigenvalue weighted by Gasteiger charge is -2.37. The Bertz CT molecular complexity index is 285. The quantitative estimate of drug-likeness (QED) is 0.791. The average Bonchev–Trinajstić information content (AvgIpc) is 2.30. The summed E-state index contributed by atoms with van der Waals surface area (Å²) in [5.41, 5.74) is -1.02. The lowest BCUT2D eigenvalue weighted by molar-refractivity contribution is -0.149. The summed E-state index contributed by atoms with van der Waals surface area (Å²) in [5.74, 6) is -0.122. The van der Waals surface area contributed by atoms with Crippen LogP contribution in [0, 0.1) is 5.92 Å². The Labute approximate surface area is 107 Å². The zero-order valence-electron chi connectivity index (χ0n) is 10.5. The third-order valence-electron chi connectivity index (χ3n) is 3.60. The van der Waals surface area contributed by atoms with Crippen LogP contribution in [-0.2, 0) is 9.59 Å². The van der Waals surface area contributed by atoms with Gasteiger partial charge in [0.25, 0.3) is 0 Å². The first-order valence-electron chi connectivity index (χ1n) is 6.07. The predicted molar refractivity (Wildman–Crippen MR) is 69.1 cm³/mol. The number of rotatable bonds is 5. The van der Waals surface area contributed by atoms with Crippen LogP contribution in [0.25, 0.3) is 0 Å². The Hall–Kier alpha value is -0.710. The molecule has 1 rings (SSSR count). The van der Waals surface area contributed by atoms with Crippen molar-refractivity contribution in [2.45, 2.75) is 44.6 Å². The van der Waals surface area contributed by atoms with Crippen molar-refractivity contribution in [3.8, 4) is 0 Å². The second kappa shape index (κ2) is 6.28. The molecule has 1 aliphatic carbocycles. The highest BCUT2D eigenvalue weighted by atomic mass is 32.2. The van der Waals surface area contributed by atoms with Crippen molar-refractivity contribution < 1.29 is 14.7 Å². The summed E-state index contributed by atoms with van der Waals surface area (Å²) >= 11 is 1.41. The van der Waals surface area contributed by atoms with E-state index in [2.05, 4.69) is 12.2 Å². The molecule has 1 amide bonds. The number of carboxylic acid groups (broad SMARTS) is 1. The molecule has 0 radical (unpaired) electrons. The van der Waals surface area contributed by atoms with Crippen molar-refractivity contribution in [1.82, 2.24) is 5.32 Å². The van der Waals surface area contributed by atoms with Gasteiger partial charge in [0.1, 0.15) is 5.54 Å². The van der Waals surface area contributed by atoms with E-state index in [0.29, 0.717) is 24.5 Å². The molecule has 0 aromatic heterocycles. The Kier molecular flexibility index (Phi) is 5.31. The van der Waals surface area contributed by atoms with Gasteiger partial charge in [-0.05, 0) is 37.9 Å². The highest BCUT2D eigenvalue weighted by molar-refractivity contribution is 7.99. The summed E-state index contributed by atoms with van der Waals surface area (Å²) in [6.07, 6.45) is 5.82. The molecule has 4 nitrogen and oxygen atoms in total. The molecule has 2 N–H and O–H groups in total. The van der Waals surface area contributed by atoms with Crippen LogP contribution in [0.15, 0.2) is 0 Å². The molecule has 0 atom stereocenters. The Morgan fingerprint density at radius 2 is 2.00 bits per heavy atom. The number of hydrogen-bond acceptors (Lipinski definition) is 3. The van der Waals surface area contributed by atoms with Gasteiger partial charge in [0.2, 0.25) is 5.91 Å². The van der Waals surface area contributed by atoms with Crippen LogP contribution in [-0.4, -0.2) is 34.5 Å². The number of amides is 1. The van der Waals surface area contributed by atoms with E-state index in [1.807, 2.05) is 6.26 Å².